The van der Waals surface area contributed by atoms with Crippen LogP contribution in [0.3, 0.4) is 0 Å². The van der Waals surface area contributed by atoms with Crippen LogP contribution in [0, 0.1) is 25.7 Å². The van der Waals surface area contributed by atoms with Crippen molar-refractivity contribution in [3.05, 3.63) is 47.2 Å². The highest BCUT2D eigenvalue weighted by molar-refractivity contribution is 7.92. The maximum atomic E-state index is 13.1. The molecule has 0 spiro atoms. The minimum atomic E-state index is -3.92. The summed E-state index contributed by atoms with van der Waals surface area (Å²) in [5.74, 6) is -0.113. The summed E-state index contributed by atoms with van der Waals surface area (Å²) in [5, 5.41) is 9.39. The van der Waals surface area contributed by atoms with E-state index in [4.69, 9.17) is 0 Å². The molecule has 8 heteroatoms. The topological polar surface area (TPSA) is 99.6 Å². The number of sulfonamides is 1. The molecule has 0 fully saturated rings. The van der Waals surface area contributed by atoms with Gasteiger partial charge >= 0.3 is 5.97 Å². The summed E-state index contributed by atoms with van der Waals surface area (Å²) in [6.07, 6.45) is 1.26. The Balaban J connectivity index is 2.57. The van der Waals surface area contributed by atoms with Gasteiger partial charge in [0, 0.05) is 19.3 Å². The summed E-state index contributed by atoms with van der Waals surface area (Å²) in [5.41, 5.74) is 1.74. The molecule has 0 aliphatic heterocycles. The van der Waals surface area contributed by atoms with Gasteiger partial charge in [-0.1, -0.05) is 33.8 Å². The Labute approximate surface area is 179 Å². The summed E-state index contributed by atoms with van der Waals surface area (Å²) in [6, 6.07) is 6.40. The number of carboxylic acid groups (broad SMARTS) is 1. The Morgan fingerprint density at radius 1 is 1.03 bits per heavy atom. The molecule has 1 aromatic carbocycles. The summed E-state index contributed by atoms with van der Waals surface area (Å²) < 4.78 is 28.8. The maximum absolute atomic E-state index is 13.1. The summed E-state index contributed by atoms with van der Waals surface area (Å²) in [4.78, 5) is 18.0. The monoisotopic (exact) mass is 433 g/mol. The van der Waals surface area contributed by atoms with Crippen LogP contribution >= 0.6 is 0 Å². The molecule has 7 nitrogen and oxygen atoms in total. The molecule has 1 heterocycles. The van der Waals surface area contributed by atoms with Crippen LogP contribution in [0.1, 0.15) is 49.2 Å². The molecule has 0 amide bonds. The normalized spacial score (nSPS) is 11.7. The highest BCUT2D eigenvalue weighted by Gasteiger charge is 2.23. The number of nitrogens with one attached hydrogen (secondary N) is 1. The molecule has 2 N–H and O–H groups in total. The van der Waals surface area contributed by atoms with E-state index in [1.807, 2.05) is 24.8 Å². The zero-order valence-electron chi connectivity index (χ0n) is 18.4. The highest BCUT2D eigenvalue weighted by atomic mass is 32.2. The van der Waals surface area contributed by atoms with Crippen molar-refractivity contribution in [2.24, 2.45) is 11.8 Å². The number of pyridine rings is 1. The number of carboxylic acids is 1. The van der Waals surface area contributed by atoms with Gasteiger partial charge in [0.05, 0.1) is 16.1 Å². The van der Waals surface area contributed by atoms with Crippen LogP contribution in [0.15, 0.2) is 35.4 Å². The number of benzene rings is 1. The molecule has 2 rings (SSSR count). The molecule has 0 atom stereocenters. The molecule has 0 saturated carbocycles. The van der Waals surface area contributed by atoms with Crippen LogP contribution in [0.25, 0.3) is 0 Å². The molecule has 0 bridgehead atoms. The summed E-state index contributed by atoms with van der Waals surface area (Å²) in [6.45, 7) is 13.3. The van der Waals surface area contributed by atoms with E-state index in [1.165, 1.54) is 12.3 Å². The fourth-order valence-corrected chi connectivity index (χ4v) is 4.56. The van der Waals surface area contributed by atoms with Crippen molar-refractivity contribution in [2.75, 3.05) is 22.7 Å². The van der Waals surface area contributed by atoms with Crippen molar-refractivity contribution >= 4 is 27.5 Å². The Morgan fingerprint density at radius 2 is 1.57 bits per heavy atom. The van der Waals surface area contributed by atoms with E-state index in [0.717, 1.165) is 11.1 Å². The van der Waals surface area contributed by atoms with Crippen LogP contribution in [0.5, 0.6) is 0 Å². The molecule has 30 heavy (non-hydrogen) atoms. The van der Waals surface area contributed by atoms with E-state index in [2.05, 4.69) is 37.4 Å². The second kappa shape index (κ2) is 9.47. The van der Waals surface area contributed by atoms with Gasteiger partial charge in [-0.25, -0.2) is 18.2 Å². The molecule has 0 unspecified atom stereocenters. The number of anilines is 2. The Morgan fingerprint density at radius 3 is 2.03 bits per heavy atom. The van der Waals surface area contributed by atoms with Gasteiger partial charge in [0.2, 0.25) is 0 Å². The van der Waals surface area contributed by atoms with E-state index >= 15 is 0 Å². The predicted octanol–water partition coefficient (Wildman–Crippen LogP) is 4.32. The van der Waals surface area contributed by atoms with Crippen molar-refractivity contribution < 1.29 is 18.3 Å². The van der Waals surface area contributed by atoms with Crippen molar-refractivity contribution in [1.29, 1.82) is 0 Å². The lowest BCUT2D eigenvalue weighted by molar-refractivity contribution is 0.0696. The first kappa shape index (κ1) is 23.7. The summed E-state index contributed by atoms with van der Waals surface area (Å²) >= 11 is 0. The van der Waals surface area contributed by atoms with Gasteiger partial charge in [0.1, 0.15) is 0 Å². The first-order valence-corrected chi connectivity index (χ1v) is 11.5. The lowest BCUT2D eigenvalue weighted by Crippen LogP contribution is -2.33. The van der Waals surface area contributed by atoms with Gasteiger partial charge in [0.25, 0.3) is 10.0 Å². The van der Waals surface area contributed by atoms with Gasteiger partial charge in [-0.2, -0.15) is 0 Å². The number of rotatable bonds is 9. The zero-order valence-corrected chi connectivity index (χ0v) is 19.2. The average molecular weight is 434 g/mol. The minimum Gasteiger partial charge on any atom is -0.478 e. The number of nitrogens with zero attached hydrogens (tertiary/aromatic N) is 2. The molecule has 0 aliphatic rings. The summed E-state index contributed by atoms with van der Waals surface area (Å²) in [7, 11) is -3.92. The van der Waals surface area contributed by atoms with E-state index in [9.17, 15) is 18.3 Å². The largest absolute Gasteiger partial charge is 0.478 e. The lowest BCUT2D eigenvalue weighted by atomic mass is 10.1. The molecular weight excluding hydrogens is 402 g/mol. The predicted molar refractivity (Wildman–Crippen MR) is 120 cm³/mol. The van der Waals surface area contributed by atoms with Gasteiger partial charge in [-0.05, 0) is 55.0 Å². The van der Waals surface area contributed by atoms with Crippen molar-refractivity contribution in [2.45, 2.75) is 46.4 Å². The maximum Gasteiger partial charge on any atom is 0.337 e. The average Bonchev–Trinajstić information content (AvgIpc) is 2.59. The van der Waals surface area contributed by atoms with Crippen LogP contribution < -0.4 is 9.62 Å². The van der Waals surface area contributed by atoms with E-state index < -0.39 is 16.0 Å². The zero-order chi connectivity index (χ0) is 22.6. The van der Waals surface area contributed by atoms with Gasteiger partial charge in [0.15, 0.2) is 5.82 Å². The molecule has 0 saturated heterocycles. The molecule has 1 aromatic heterocycles. The van der Waals surface area contributed by atoms with E-state index in [-0.39, 0.29) is 16.1 Å². The number of aromatic carboxylic acids is 1. The molecule has 0 aliphatic carbocycles. The molecule has 164 valence electrons. The Hall–Kier alpha value is -2.61. The SMILES string of the molecule is Cc1cc(C)cc(S(=O)(=O)Nc2cc(C(=O)O)cnc2N(CC(C)C)CC(C)C)c1. The number of aryl methyl sites for hydroxylation is 2. The third kappa shape index (κ3) is 6.19. The lowest BCUT2D eigenvalue weighted by Gasteiger charge is -2.29. The number of aromatic nitrogens is 1. The van der Waals surface area contributed by atoms with E-state index in [0.29, 0.717) is 30.7 Å². The minimum absolute atomic E-state index is 0.0779. The van der Waals surface area contributed by atoms with Gasteiger partial charge < -0.3 is 10.0 Å². The highest BCUT2D eigenvalue weighted by Crippen LogP contribution is 2.29. The first-order valence-electron chi connectivity index (χ1n) is 9.98. The third-order valence-corrected chi connectivity index (χ3v) is 5.68. The second-order valence-electron chi connectivity index (χ2n) is 8.52. The Bertz CT molecular complexity index is 987. The molecule has 0 radical (unpaired) electrons. The van der Waals surface area contributed by atoms with E-state index in [1.54, 1.807) is 12.1 Å². The van der Waals surface area contributed by atoms with Crippen LogP contribution in [0.4, 0.5) is 11.5 Å². The number of hydrogen-bond donors (Lipinski definition) is 2. The van der Waals surface area contributed by atoms with Gasteiger partial charge in [-0.15, -0.1) is 0 Å². The fourth-order valence-electron chi connectivity index (χ4n) is 3.32. The third-order valence-electron chi connectivity index (χ3n) is 4.33. The number of carbonyl (C=O) groups is 1. The second-order valence-corrected chi connectivity index (χ2v) is 10.2. The van der Waals surface area contributed by atoms with Crippen LogP contribution in [-0.4, -0.2) is 37.6 Å². The smallest absolute Gasteiger partial charge is 0.337 e. The quantitative estimate of drug-likeness (QED) is 0.611. The van der Waals surface area contributed by atoms with Crippen molar-refractivity contribution in [3.63, 3.8) is 0 Å². The first-order chi connectivity index (χ1) is 13.9. The van der Waals surface area contributed by atoms with Crippen LogP contribution in [-0.2, 0) is 10.0 Å². The van der Waals surface area contributed by atoms with Gasteiger partial charge in [-0.3, -0.25) is 4.72 Å². The molecular formula is C22H31N3O4S. The molecule has 2 aromatic rings. The number of hydrogen-bond acceptors (Lipinski definition) is 5. The Kier molecular flexibility index (Phi) is 7.47. The van der Waals surface area contributed by atoms with Crippen molar-refractivity contribution in [3.8, 4) is 0 Å². The standard InChI is InChI=1S/C22H31N3O4S/c1-14(2)12-25(13-15(3)4)21-20(10-18(11-23-21)22(26)27)24-30(28,29)19-8-16(5)7-17(6)9-19/h7-11,14-15,24H,12-13H2,1-6H3,(H,26,27). The fraction of sp³-hybridized carbons (Fsp3) is 0.455. The van der Waals surface area contributed by atoms with Crippen molar-refractivity contribution in [1.82, 2.24) is 4.98 Å². The van der Waals surface area contributed by atoms with Crippen LogP contribution in [0.2, 0.25) is 0 Å².